The summed E-state index contributed by atoms with van der Waals surface area (Å²) in [5.74, 6) is -2.12. The van der Waals surface area contributed by atoms with Gasteiger partial charge in [0.1, 0.15) is 5.82 Å². The number of aromatic carboxylic acids is 1. The van der Waals surface area contributed by atoms with Gasteiger partial charge in [-0.25, -0.2) is 4.39 Å². The van der Waals surface area contributed by atoms with Crippen LogP contribution in [0.2, 0.25) is 5.02 Å². The molecule has 0 amide bonds. The van der Waals surface area contributed by atoms with Crippen molar-refractivity contribution in [2.24, 2.45) is 0 Å². The quantitative estimate of drug-likeness (QED) is 0.481. The predicted molar refractivity (Wildman–Crippen MR) is 35.7 cm³/mol. The summed E-state index contributed by atoms with van der Waals surface area (Å²) in [6.07, 6.45) is 0. The summed E-state index contributed by atoms with van der Waals surface area (Å²) in [5, 5.41) is 10.2. The van der Waals surface area contributed by atoms with Crippen LogP contribution in [-0.4, -0.2) is 5.97 Å². The molecule has 0 aliphatic carbocycles. The van der Waals surface area contributed by atoms with Crippen molar-refractivity contribution in [3.8, 4) is 0 Å². The Morgan fingerprint density at radius 3 is 2.42 bits per heavy atom. The molecular weight excluding hydrogens is 194 g/mol. The van der Waals surface area contributed by atoms with Crippen LogP contribution in [-0.2, 0) is 0 Å². The molecule has 0 bridgehead atoms. The Labute approximate surface area is 95.6 Å². The molecule has 12 heavy (non-hydrogen) atoms. The summed E-state index contributed by atoms with van der Waals surface area (Å²) in [6.45, 7) is 0. The van der Waals surface area contributed by atoms with Gasteiger partial charge in [0, 0.05) is 10.6 Å². The van der Waals surface area contributed by atoms with Crippen molar-refractivity contribution in [3.05, 3.63) is 34.6 Å². The Kier molecular flexibility index (Phi) is 4.78. The van der Waals surface area contributed by atoms with Crippen molar-refractivity contribution in [2.45, 2.75) is 0 Å². The van der Waals surface area contributed by atoms with Crippen LogP contribution in [0.15, 0.2) is 18.2 Å². The van der Waals surface area contributed by atoms with Crippen LogP contribution in [0.4, 0.5) is 4.39 Å². The van der Waals surface area contributed by atoms with Crippen molar-refractivity contribution in [1.29, 1.82) is 0 Å². The van der Waals surface area contributed by atoms with Crippen LogP contribution in [0.3, 0.4) is 0 Å². The largest absolute Gasteiger partial charge is 1.00 e. The normalized spacial score (nSPS) is 8.83. The average Bonchev–Trinajstić information content (AvgIpc) is 1.85. The molecule has 1 rings (SSSR count). The fraction of sp³-hybridized carbons (Fsp3) is 0. The van der Waals surface area contributed by atoms with E-state index in [0.29, 0.717) is 0 Å². The van der Waals surface area contributed by atoms with E-state index < -0.39 is 11.8 Å². The molecule has 1 aromatic carbocycles. The number of carbonyl (C=O) groups is 1. The van der Waals surface area contributed by atoms with Gasteiger partial charge in [0.15, 0.2) is 0 Å². The van der Waals surface area contributed by atoms with E-state index in [1.54, 1.807) is 0 Å². The Hall–Kier alpha value is -0.0900. The molecule has 0 spiro atoms. The van der Waals surface area contributed by atoms with Gasteiger partial charge in [-0.05, 0) is 18.2 Å². The van der Waals surface area contributed by atoms with Gasteiger partial charge in [0.25, 0.3) is 0 Å². The van der Waals surface area contributed by atoms with Gasteiger partial charge < -0.3 is 9.90 Å². The van der Waals surface area contributed by atoms with Crippen molar-refractivity contribution in [1.82, 2.24) is 0 Å². The first-order valence-corrected chi connectivity index (χ1v) is 3.15. The zero-order valence-electron chi connectivity index (χ0n) is 6.30. The third kappa shape index (κ3) is 3.11. The van der Waals surface area contributed by atoms with E-state index in [1.165, 1.54) is 0 Å². The van der Waals surface area contributed by atoms with Gasteiger partial charge in [0.2, 0.25) is 0 Å². The molecule has 0 aromatic heterocycles. The van der Waals surface area contributed by atoms with E-state index in [2.05, 4.69) is 0 Å². The van der Waals surface area contributed by atoms with Gasteiger partial charge in [-0.1, -0.05) is 11.6 Å². The van der Waals surface area contributed by atoms with E-state index in [1.807, 2.05) is 0 Å². The minimum absolute atomic E-state index is 0. The Balaban J connectivity index is 0.00000121. The molecule has 0 fully saturated rings. The molecule has 0 radical (unpaired) electrons. The summed E-state index contributed by atoms with van der Waals surface area (Å²) >= 11 is 5.36. The number of carbonyl (C=O) groups excluding carboxylic acids is 1. The zero-order valence-corrected chi connectivity index (χ0v) is 9.06. The van der Waals surface area contributed by atoms with Crippen molar-refractivity contribution in [3.63, 3.8) is 0 Å². The van der Waals surface area contributed by atoms with Crippen LogP contribution in [0.1, 0.15) is 10.4 Å². The number of benzene rings is 1. The number of halogens is 2. The molecule has 58 valence electrons. The number of carboxylic acids is 1. The number of rotatable bonds is 1. The topological polar surface area (TPSA) is 40.1 Å². The maximum Gasteiger partial charge on any atom is 1.00 e. The van der Waals surface area contributed by atoms with Crippen LogP contribution < -0.4 is 34.7 Å². The second-order valence-electron chi connectivity index (χ2n) is 1.95. The van der Waals surface area contributed by atoms with E-state index in [-0.39, 0.29) is 40.1 Å². The molecule has 0 aliphatic heterocycles. The van der Waals surface area contributed by atoms with Crippen LogP contribution in [0.25, 0.3) is 0 Å². The molecule has 0 saturated heterocycles. The summed E-state index contributed by atoms with van der Waals surface area (Å²) < 4.78 is 12.4. The smallest absolute Gasteiger partial charge is 0.545 e. The second-order valence-corrected chi connectivity index (χ2v) is 2.38. The fourth-order valence-corrected chi connectivity index (χ4v) is 0.893. The number of hydrogen-bond donors (Lipinski definition) is 0. The first-order chi connectivity index (χ1) is 5.09. The molecule has 0 N–H and O–H groups in total. The maximum atomic E-state index is 12.4. The van der Waals surface area contributed by atoms with E-state index in [9.17, 15) is 14.3 Å². The van der Waals surface area contributed by atoms with E-state index in [0.717, 1.165) is 18.2 Å². The molecule has 5 heteroatoms. The van der Waals surface area contributed by atoms with Crippen LogP contribution >= 0.6 is 11.6 Å². The Morgan fingerprint density at radius 1 is 1.42 bits per heavy atom. The summed E-state index contributed by atoms with van der Waals surface area (Å²) in [7, 11) is 0. The molecule has 1 aromatic rings. The Bertz CT molecular complexity index is 283. The molecule has 0 atom stereocenters. The SMILES string of the molecule is O=C([O-])c1cc(F)cc(Cl)c1.[Na+]. The number of carboxylic acid groups (broad SMARTS) is 1. The van der Waals surface area contributed by atoms with Gasteiger partial charge in [-0.15, -0.1) is 0 Å². The molecule has 0 aliphatic rings. The summed E-state index contributed by atoms with van der Waals surface area (Å²) in [4.78, 5) is 10.2. The van der Waals surface area contributed by atoms with Gasteiger partial charge in [-0.3, -0.25) is 0 Å². The maximum absolute atomic E-state index is 12.4. The first-order valence-electron chi connectivity index (χ1n) is 2.77. The molecule has 0 unspecified atom stereocenters. The van der Waals surface area contributed by atoms with Crippen molar-refractivity contribution in [2.75, 3.05) is 0 Å². The van der Waals surface area contributed by atoms with Gasteiger partial charge in [-0.2, -0.15) is 0 Å². The third-order valence-corrected chi connectivity index (χ3v) is 1.32. The van der Waals surface area contributed by atoms with E-state index in [4.69, 9.17) is 11.6 Å². The molecule has 0 heterocycles. The van der Waals surface area contributed by atoms with Gasteiger partial charge >= 0.3 is 29.6 Å². The monoisotopic (exact) mass is 196 g/mol. The standard InChI is InChI=1S/C7H4ClFO2.Na/c8-5-1-4(7(10)11)2-6(9)3-5;/h1-3H,(H,10,11);/q;+1/p-1. The zero-order chi connectivity index (χ0) is 8.43. The second kappa shape index (κ2) is 4.82. The van der Waals surface area contributed by atoms with Crippen LogP contribution in [0.5, 0.6) is 0 Å². The van der Waals surface area contributed by atoms with Crippen molar-refractivity contribution < 1.29 is 43.8 Å². The van der Waals surface area contributed by atoms with Gasteiger partial charge in [0.05, 0.1) is 5.97 Å². The minimum atomic E-state index is -1.44. The fourth-order valence-electron chi connectivity index (χ4n) is 0.672. The number of hydrogen-bond acceptors (Lipinski definition) is 2. The summed E-state index contributed by atoms with van der Waals surface area (Å²) in [5.41, 5.74) is -0.255. The molecular formula is C7H3ClFNaO2. The van der Waals surface area contributed by atoms with Crippen molar-refractivity contribution >= 4 is 17.6 Å². The Morgan fingerprint density at radius 2 is 2.00 bits per heavy atom. The third-order valence-electron chi connectivity index (χ3n) is 1.10. The minimum Gasteiger partial charge on any atom is -0.545 e. The predicted octanol–water partition coefficient (Wildman–Crippen LogP) is -2.15. The summed E-state index contributed by atoms with van der Waals surface area (Å²) in [6, 6.07) is 3.00. The van der Waals surface area contributed by atoms with E-state index >= 15 is 0 Å². The molecule has 2 nitrogen and oxygen atoms in total. The first kappa shape index (κ1) is 11.9. The molecule has 0 saturated carbocycles. The van der Waals surface area contributed by atoms with Crippen LogP contribution in [0, 0.1) is 5.82 Å². The average molecular weight is 197 g/mol.